The van der Waals surface area contributed by atoms with E-state index in [0.717, 1.165) is 27.8 Å². The van der Waals surface area contributed by atoms with Crippen LogP contribution >= 0.6 is 11.8 Å². The van der Waals surface area contributed by atoms with Gasteiger partial charge < -0.3 is 9.73 Å². The van der Waals surface area contributed by atoms with Crippen molar-refractivity contribution >= 4 is 34.3 Å². The first-order valence-corrected chi connectivity index (χ1v) is 10.4. The fourth-order valence-corrected chi connectivity index (χ4v) is 4.13. The third-order valence-corrected chi connectivity index (χ3v) is 5.48. The smallest absolute Gasteiger partial charge is 0.234 e. The molecule has 0 saturated heterocycles. The predicted molar refractivity (Wildman–Crippen MR) is 116 cm³/mol. The molecule has 0 atom stereocenters. The Hall–Kier alpha value is -3.06. The van der Waals surface area contributed by atoms with Crippen molar-refractivity contribution in [3.63, 3.8) is 0 Å². The number of aromatic nitrogens is 3. The number of nitrogens with one attached hydrogen (secondary N) is 1. The molecule has 0 aliphatic heterocycles. The van der Waals surface area contributed by atoms with Gasteiger partial charge in [-0.3, -0.25) is 9.36 Å². The molecule has 6 nitrogen and oxygen atoms in total. The molecule has 2 aromatic carbocycles. The molecule has 1 N–H and O–H groups in total. The molecule has 7 heteroatoms. The molecular formula is C22H22N4O2S. The highest BCUT2D eigenvalue weighted by Crippen LogP contribution is 2.29. The summed E-state index contributed by atoms with van der Waals surface area (Å²) in [6.07, 6.45) is 0. The molecular weight excluding hydrogens is 384 g/mol. The molecule has 2 heterocycles. The van der Waals surface area contributed by atoms with E-state index >= 15 is 0 Å². The Labute approximate surface area is 173 Å². The molecule has 4 rings (SSSR count). The average molecular weight is 407 g/mol. The van der Waals surface area contributed by atoms with Gasteiger partial charge in [-0.05, 0) is 56.2 Å². The maximum atomic E-state index is 12.4. The number of carbonyl (C=O) groups excluding carboxylic acids is 1. The second-order valence-electron chi connectivity index (χ2n) is 6.91. The third-order valence-electron chi connectivity index (χ3n) is 4.52. The molecule has 0 spiro atoms. The number of rotatable bonds is 6. The molecule has 4 aromatic rings. The van der Waals surface area contributed by atoms with E-state index in [4.69, 9.17) is 4.42 Å². The van der Waals surface area contributed by atoms with Crippen molar-refractivity contribution in [1.82, 2.24) is 14.8 Å². The summed E-state index contributed by atoms with van der Waals surface area (Å²) in [6, 6.07) is 15.8. The van der Waals surface area contributed by atoms with Gasteiger partial charge in [-0.15, -0.1) is 10.2 Å². The lowest BCUT2D eigenvalue weighted by Crippen LogP contribution is -2.15. The van der Waals surface area contributed by atoms with Gasteiger partial charge in [-0.1, -0.05) is 36.0 Å². The standard InChI is InChI=1S/C22H22N4O2S/c1-4-26-21(19-12-16-7-5-6-8-18(16)28-19)24-25-22(26)29-13-20(27)23-17-10-14(2)9-15(3)11-17/h5-12H,4,13H2,1-3H3,(H,23,27). The number of anilines is 1. The number of furan rings is 1. The lowest BCUT2D eigenvalue weighted by atomic mass is 10.1. The first kappa shape index (κ1) is 19.3. The van der Waals surface area contributed by atoms with Gasteiger partial charge in [0.25, 0.3) is 0 Å². The van der Waals surface area contributed by atoms with E-state index in [1.807, 2.05) is 67.8 Å². The second kappa shape index (κ2) is 8.13. The highest BCUT2D eigenvalue weighted by Gasteiger charge is 2.18. The number of thioether (sulfide) groups is 1. The van der Waals surface area contributed by atoms with Gasteiger partial charge in [0.2, 0.25) is 11.7 Å². The van der Waals surface area contributed by atoms with Crippen LogP contribution in [0.4, 0.5) is 5.69 Å². The summed E-state index contributed by atoms with van der Waals surface area (Å²) < 4.78 is 7.89. The van der Waals surface area contributed by atoms with Gasteiger partial charge in [0.05, 0.1) is 5.75 Å². The summed E-state index contributed by atoms with van der Waals surface area (Å²) in [5, 5.41) is 13.2. The summed E-state index contributed by atoms with van der Waals surface area (Å²) in [6.45, 7) is 6.73. The van der Waals surface area contributed by atoms with Crippen LogP contribution < -0.4 is 5.32 Å². The minimum Gasteiger partial charge on any atom is -0.453 e. The van der Waals surface area contributed by atoms with Gasteiger partial charge in [-0.2, -0.15) is 0 Å². The fraction of sp³-hybridized carbons (Fsp3) is 0.227. The number of hydrogen-bond donors (Lipinski definition) is 1. The quantitative estimate of drug-likeness (QED) is 0.453. The number of hydrogen-bond acceptors (Lipinski definition) is 5. The minimum atomic E-state index is -0.0732. The van der Waals surface area contributed by atoms with Crippen LogP contribution in [0, 0.1) is 13.8 Å². The Morgan fingerprint density at radius 3 is 2.59 bits per heavy atom. The normalized spacial score (nSPS) is 11.1. The Balaban J connectivity index is 1.48. The Kier molecular flexibility index (Phi) is 5.40. The van der Waals surface area contributed by atoms with Crippen molar-refractivity contribution in [2.24, 2.45) is 0 Å². The van der Waals surface area contributed by atoms with E-state index in [0.29, 0.717) is 23.3 Å². The lowest BCUT2D eigenvalue weighted by Gasteiger charge is -2.08. The molecule has 2 aromatic heterocycles. The van der Waals surface area contributed by atoms with Crippen LogP contribution in [-0.2, 0) is 11.3 Å². The van der Waals surface area contributed by atoms with E-state index < -0.39 is 0 Å². The SMILES string of the molecule is CCn1c(SCC(=O)Nc2cc(C)cc(C)c2)nnc1-c1cc2ccccc2o1. The van der Waals surface area contributed by atoms with E-state index in [-0.39, 0.29) is 11.7 Å². The average Bonchev–Trinajstić information content (AvgIpc) is 3.28. The van der Waals surface area contributed by atoms with Crippen LogP contribution in [0.5, 0.6) is 0 Å². The molecule has 0 saturated carbocycles. The maximum Gasteiger partial charge on any atom is 0.234 e. The number of aryl methyl sites for hydroxylation is 2. The first-order chi connectivity index (χ1) is 14.0. The largest absolute Gasteiger partial charge is 0.453 e. The molecule has 29 heavy (non-hydrogen) atoms. The Bertz CT molecular complexity index is 1130. The van der Waals surface area contributed by atoms with Crippen LogP contribution in [0.2, 0.25) is 0 Å². The topological polar surface area (TPSA) is 73.0 Å². The van der Waals surface area contributed by atoms with Gasteiger partial charge in [0, 0.05) is 17.6 Å². The van der Waals surface area contributed by atoms with Crippen LogP contribution in [0.25, 0.3) is 22.6 Å². The summed E-state index contributed by atoms with van der Waals surface area (Å²) in [4.78, 5) is 12.4. The summed E-state index contributed by atoms with van der Waals surface area (Å²) in [7, 11) is 0. The van der Waals surface area contributed by atoms with Gasteiger partial charge in [-0.25, -0.2) is 0 Å². The molecule has 0 aliphatic carbocycles. The number of fused-ring (bicyclic) bond motifs is 1. The maximum absolute atomic E-state index is 12.4. The molecule has 0 bridgehead atoms. The van der Waals surface area contributed by atoms with E-state index in [1.54, 1.807) is 0 Å². The summed E-state index contributed by atoms with van der Waals surface area (Å²) in [5.41, 5.74) is 3.87. The minimum absolute atomic E-state index is 0.0732. The van der Waals surface area contributed by atoms with Crippen LogP contribution in [0.15, 0.2) is 58.1 Å². The lowest BCUT2D eigenvalue weighted by molar-refractivity contribution is -0.113. The molecule has 1 amide bonds. The third kappa shape index (κ3) is 4.19. The van der Waals surface area contributed by atoms with E-state index in [2.05, 4.69) is 21.6 Å². The van der Waals surface area contributed by atoms with Crippen molar-refractivity contribution < 1.29 is 9.21 Å². The fourth-order valence-electron chi connectivity index (χ4n) is 3.33. The molecule has 0 unspecified atom stereocenters. The van der Waals surface area contributed by atoms with Crippen molar-refractivity contribution in [3.8, 4) is 11.6 Å². The van der Waals surface area contributed by atoms with Gasteiger partial charge in [0.1, 0.15) is 5.58 Å². The zero-order valence-corrected chi connectivity index (χ0v) is 17.4. The predicted octanol–water partition coefficient (Wildman–Crippen LogP) is 5.06. The summed E-state index contributed by atoms with van der Waals surface area (Å²) >= 11 is 1.37. The Morgan fingerprint density at radius 2 is 1.86 bits per heavy atom. The van der Waals surface area contributed by atoms with Crippen molar-refractivity contribution in [2.45, 2.75) is 32.5 Å². The zero-order chi connectivity index (χ0) is 20.4. The number of para-hydroxylation sites is 1. The highest BCUT2D eigenvalue weighted by atomic mass is 32.2. The van der Waals surface area contributed by atoms with Crippen LogP contribution in [0.1, 0.15) is 18.1 Å². The van der Waals surface area contributed by atoms with Crippen molar-refractivity contribution in [2.75, 3.05) is 11.1 Å². The molecule has 0 aliphatic rings. The molecule has 0 fully saturated rings. The van der Waals surface area contributed by atoms with Crippen LogP contribution in [0.3, 0.4) is 0 Å². The number of amides is 1. The van der Waals surface area contributed by atoms with Gasteiger partial charge >= 0.3 is 0 Å². The van der Waals surface area contributed by atoms with Crippen molar-refractivity contribution in [1.29, 1.82) is 0 Å². The van der Waals surface area contributed by atoms with E-state index in [1.165, 1.54) is 11.8 Å². The number of nitrogens with zero attached hydrogens (tertiary/aromatic N) is 3. The first-order valence-electron chi connectivity index (χ1n) is 9.46. The Morgan fingerprint density at radius 1 is 1.10 bits per heavy atom. The monoisotopic (exact) mass is 406 g/mol. The molecule has 0 radical (unpaired) electrons. The van der Waals surface area contributed by atoms with Gasteiger partial charge in [0.15, 0.2) is 10.9 Å². The second-order valence-corrected chi connectivity index (χ2v) is 7.85. The highest BCUT2D eigenvalue weighted by molar-refractivity contribution is 7.99. The van der Waals surface area contributed by atoms with E-state index in [9.17, 15) is 4.79 Å². The van der Waals surface area contributed by atoms with Crippen LogP contribution in [-0.4, -0.2) is 26.4 Å². The summed E-state index contributed by atoms with van der Waals surface area (Å²) in [5.74, 6) is 1.52. The van der Waals surface area contributed by atoms with Crippen molar-refractivity contribution in [3.05, 3.63) is 59.7 Å². The number of carbonyl (C=O) groups is 1. The number of benzene rings is 2. The molecule has 148 valence electrons. The zero-order valence-electron chi connectivity index (χ0n) is 16.6.